The second-order valence-corrected chi connectivity index (χ2v) is 10.8. The largest absolute Gasteiger partial charge is 0.396 e. The van der Waals surface area contributed by atoms with Gasteiger partial charge in [-0.3, -0.25) is 14.4 Å². The molecule has 8 nitrogen and oxygen atoms in total. The minimum Gasteiger partial charge on any atom is -0.396 e. The van der Waals surface area contributed by atoms with Crippen LogP contribution >= 0.6 is 0 Å². The Morgan fingerprint density at radius 3 is 2.49 bits per heavy atom. The Bertz CT molecular complexity index is 1060. The van der Waals surface area contributed by atoms with Crippen molar-refractivity contribution < 1.29 is 24.2 Å². The first-order valence-corrected chi connectivity index (χ1v) is 13.1. The number of hydrogen-bond acceptors (Lipinski definition) is 5. The average molecular weight is 510 g/mol. The maximum Gasteiger partial charge on any atom is 0.248 e. The quantitative estimate of drug-likeness (QED) is 0.462. The molecule has 37 heavy (non-hydrogen) atoms. The van der Waals surface area contributed by atoms with Crippen LogP contribution in [0.3, 0.4) is 0 Å². The highest BCUT2D eigenvalue weighted by Crippen LogP contribution is 2.65. The van der Waals surface area contributed by atoms with Gasteiger partial charge in [-0.1, -0.05) is 49.4 Å². The van der Waals surface area contributed by atoms with E-state index >= 15 is 0 Å². The standard InChI is InChI=1S/C29H39N3O5/c1-6-14-30(5)25(34)22-23-26(35)32(16-11-17-33)24(29(23)18-20(3)28(22,4)37-29)27(36)31(15-7-2)19-21-12-9-8-10-13-21/h6-10,12-13,20,22-24,33H,1-2,11,14-19H2,3-5H3/t20?,22-,23+,24?,28+,29?/m1/s1. The molecule has 3 aliphatic heterocycles. The van der Waals surface area contributed by atoms with Crippen LogP contribution in [0, 0.1) is 17.8 Å². The third-order valence-electron chi connectivity index (χ3n) is 8.53. The number of amides is 3. The predicted octanol–water partition coefficient (Wildman–Crippen LogP) is 2.24. The van der Waals surface area contributed by atoms with Crippen LogP contribution in [0.4, 0.5) is 0 Å². The summed E-state index contributed by atoms with van der Waals surface area (Å²) in [6.45, 7) is 12.7. The smallest absolute Gasteiger partial charge is 0.248 e. The van der Waals surface area contributed by atoms with Crippen LogP contribution in [0.15, 0.2) is 55.6 Å². The fraction of sp³-hybridized carbons (Fsp3) is 0.552. The van der Waals surface area contributed by atoms with E-state index in [9.17, 15) is 19.5 Å². The molecular weight excluding hydrogens is 470 g/mol. The molecule has 1 aromatic rings. The van der Waals surface area contributed by atoms with Crippen molar-refractivity contribution in [1.29, 1.82) is 0 Å². The van der Waals surface area contributed by atoms with Crippen molar-refractivity contribution in [3.8, 4) is 0 Å². The number of ether oxygens (including phenoxy) is 1. The van der Waals surface area contributed by atoms with E-state index in [-0.39, 0.29) is 36.8 Å². The van der Waals surface area contributed by atoms with Crippen molar-refractivity contribution >= 4 is 17.7 Å². The number of benzene rings is 1. The molecule has 0 aromatic heterocycles. The normalized spacial score (nSPS) is 31.8. The van der Waals surface area contributed by atoms with Gasteiger partial charge in [0.25, 0.3) is 0 Å². The fourth-order valence-corrected chi connectivity index (χ4v) is 6.76. The number of hydrogen-bond donors (Lipinski definition) is 1. The summed E-state index contributed by atoms with van der Waals surface area (Å²) in [5, 5.41) is 9.57. The molecule has 6 atom stereocenters. The van der Waals surface area contributed by atoms with E-state index in [1.807, 2.05) is 44.2 Å². The van der Waals surface area contributed by atoms with Gasteiger partial charge in [-0.15, -0.1) is 13.2 Å². The van der Waals surface area contributed by atoms with Gasteiger partial charge in [-0.2, -0.15) is 0 Å². The van der Waals surface area contributed by atoms with E-state index in [0.29, 0.717) is 32.5 Å². The summed E-state index contributed by atoms with van der Waals surface area (Å²) < 4.78 is 6.77. The van der Waals surface area contributed by atoms with Crippen LogP contribution in [-0.2, 0) is 25.7 Å². The number of aliphatic hydroxyl groups is 1. The fourth-order valence-electron chi connectivity index (χ4n) is 6.76. The van der Waals surface area contributed by atoms with Gasteiger partial charge in [-0.05, 0) is 31.2 Å². The lowest BCUT2D eigenvalue weighted by atomic mass is 9.62. The van der Waals surface area contributed by atoms with E-state index in [2.05, 4.69) is 13.2 Å². The van der Waals surface area contributed by atoms with Crippen molar-refractivity contribution in [1.82, 2.24) is 14.7 Å². The maximum atomic E-state index is 14.3. The molecule has 3 fully saturated rings. The first-order chi connectivity index (χ1) is 17.7. The zero-order valence-corrected chi connectivity index (χ0v) is 22.1. The average Bonchev–Trinajstić information content (AvgIpc) is 3.39. The zero-order chi connectivity index (χ0) is 27.0. The second kappa shape index (κ2) is 10.4. The molecule has 1 N–H and O–H groups in total. The van der Waals surface area contributed by atoms with E-state index < -0.39 is 29.1 Å². The van der Waals surface area contributed by atoms with Gasteiger partial charge < -0.3 is 24.5 Å². The maximum absolute atomic E-state index is 14.3. The molecule has 0 radical (unpaired) electrons. The molecule has 3 saturated heterocycles. The number of aliphatic hydroxyl groups excluding tert-OH is 1. The molecule has 1 aromatic carbocycles. The monoisotopic (exact) mass is 509 g/mol. The minimum atomic E-state index is -1.11. The zero-order valence-electron chi connectivity index (χ0n) is 22.1. The number of likely N-dealkylation sites (tertiary alicyclic amines) is 1. The number of likely N-dealkylation sites (N-methyl/N-ethyl adjacent to an activating group) is 1. The summed E-state index contributed by atoms with van der Waals surface area (Å²) in [7, 11) is 1.70. The first kappa shape index (κ1) is 27.1. The lowest BCUT2D eigenvalue weighted by molar-refractivity contribution is -0.154. The molecule has 3 amide bonds. The molecule has 0 saturated carbocycles. The van der Waals surface area contributed by atoms with Gasteiger partial charge in [0.05, 0.1) is 17.4 Å². The predicted molar refractivity (Wildman–Crippen MR) is 140 cm³/mol. The summed E-state index contributed by atoms with van der Waals surface area (Å²) in [6, 6.07) is 8.80. The number of nitrogens with zero attached hydrogens (tertiary/aromatic N) is 3. The second-order valence-electron chi connectivity index (χ2n) is 10.8. The van der Waals surface area contributed by atoms with Crippen LogP contribution in [0.2, 0.25) is 0 Å². The van der Waals surface area contributed by atoms with Gasteiger partial charge in [0, 0.05) is 39.8 Å². The van der Waals surface area contributed by atoms with Crippen molar-refractivity contribution in [2.75, 3.05) is 33.3 Å². The lowest BCUT2D eigenvalue weighted by Crippen LogP contribution is -2.56. The highest BCUT2D eigenvalue weighted by atomic mass is 16.5. The molecule has 4 rings (SSSR count). The van der Waals surface area contributed by atoms with Gasteiger partial charge in [0.2, 0.25) is 17.7 Å². The first-order valence-electron chi connectivity index (χ1n) is 13.1. The number of carbonyl (C=O) groups excluding carboxylic acids is 3. The van der Waals surface area contributed by atoms with E-state index in [1.54, 1.807) is 33.9 Å². The SMILES string of the molecule is C=CCN(C)C(=O)[C@H]1[C@H]2C(=O)N(CCCO)C(C(=O)N(CC=C)Cc3ccccc3)C23CC(C)[C@]1(C)O3. The van der Waals surface area contributed by atoms with Crippen molar-refractivity contribution in [3.05, 3.63) is 61.2 Å². The molecule has 3 aliphatic rings. The summed E-state index contributed by atoms with van der Waals surface area (Å²) in [4.78, 5) is 47.0. The van der Waals surface area contributed by atoms with Crippen LogP contribution in [-0.4, -0.2) is 88.1 Å². The Morgan fingerprint density at radius 1 is 1.19 bits per heavy atom. The minimum absolute atomic E-state index is 0.0299. The molecule has 3 heterocycles. The summed E-state index contributed by atoms with van der Waals surface area (Å²) in [6.07, 6.45) is 4.17. The third-order valence-corrected chi connectivity index (χ3v) is 8.53. The summed E-state index contributed by atoms with van der Waals surface area (Å²) in [5.41, 5.74) is -1.01. The van der Waals surface area contributed by atoms with Gasteiger partial charge in [-0.25, -0.2) is 0 Å². The Morgan fingerprint density at radius 2 is 1.86 bits per heavy atom. The number of rotatable bonds is 11. The molecule has 8 heteroatoms. The van der Waals surface area contributed by atoms with Crippen molar-refractivity contribution in [2.45, 2.75) is 50.5 Å². The Labute approximate surface area is 219 Å². The Balaban J connectivity index is 1.77. The molecule has 3 unspecified atom stereocenters. The van der Waals surface area contributed by atoms with E-state index in [0.717, 1.165) is 5.56 Å². The molecule has 1 spiro atoms. The highest BCUT2D eigenvalue weighted by Gasteiger charge is 2.80. The number of fused-ring (bicyclic) bond motifs is 1. The van der Waals surface area contributed by atoms with Gasteiger partial charge in [0.15, 0.2) is 0 Å². The van der Waals surface area contributed by atoms with Crippen molar-refractivity contribution in [3.63, 3.8) is 0 Å². The summed E-state index contributed by atoms with van der Waals surface area (Å²) in [5.74, 6) is -2.13. The Hall–Kier alpha value is -2.97. The molecular formula is C29H39N3O5. The van der Waals surface area contributed by atoms with Crippen LogP contribution in [0.5, 0.6) is 0 Å². The van der Waals surface area contributed by atoms with Gasteiger partial charge in [0.1, 0.15) is 11.6 Å². The Kier molecular flexibility index (Phi) is 7.62. The molecule has 200 valence electrons. The van der Waals surface area contributed by atoms with E-state index in [4.69, 9.17) is 4.74 Å². The molecule has 0 aliphatic carbocycles. The highest BCUT2D eigenvalue weighted by molar-refractivity contribution is 5.99. The topological polar surface area (TPSA) is 90.4 Å². The van der Waals surface area contributed by atoms with Crippen molar-refractivity contribution in [2.24, 2.45) is 17.8 Å². The lowest BCUT2D eigenvalue weighted by Gasteiger charge is -2.38. The third kappa shape index (κ3) is 4.30. The van der Waals surface area contributed by atoms with Crippen LogP contribution < -0.4 is 0 Å². The van der Waals surface area contributed by atoms with E-state index in [1.165, 1.54) is 0 Å². The van der Waals surface area contributed by atoms with Crippen LogP contribution in [0.1, 0.15) is 32.3 Å². The van der Waals surface area contributed by atoms with Crippen LogP contribution in [0.25, 0.3) is 0 Å². The molecule has 2 bridgehead atoms. The van der Waals surface area contributed by atoms with Gasteiger partial charge >= 0.3 is 0 Å². The number of carbonyl (C=O) groups is 3. The summed E-state index contributed by atoms with van der Waals surface area (Å²) >= 11 is 0.